The van der Waals surface area contributed by atoms with Gasteiger partial charge >= 0.3 is 5.97 Å². The molecule has 0 aliphatic heterocycles. The van der Waals surface area contributed by atoms with E-state index in [4.69, 9.17) is 4.74 Å². The van der Waals surface area contributed by atoms with Gasteiger partial charge in [0.15, 0.2) is 0 Å². The van der Waals surface area contributed by atoms with Crippen molar-refractivity contribution in [3.05, 3.63) is 35.4 Å². The Balaban J connectivity index is 2.21. The first kappa shape index (κ1) is 16.3. The maximum atomic E-state index is 12.4. The van der Waals surface area contributed by atoms with E-state index in [1.165, 1.54) is 7.11 Å². The summed E-state index contributed by atoms with van der Waals surface area (Å²) in [7, 11) is 1.38. The highest BCUT2D eigenvalue weighted by Gasteiger charge is 2.38. The van der Waals surface area contributed by atoms with Crippen LogP contribution >= 0.6 is 0 Å². The lowest BCUT2D eigenvalue weighted by Crippen LogP contribution is -2.41. The van der Waals surface area contributed by atoms with E-state index < -0.39 is 11.4 Å². The van der Waals surface area contributed by atoms with Crippen LogP contribution in [0, 0.1) is 5.92 Å². The van der Waals surface area contributed by atoms with Gasteiger partial charge in [0.25, 0.3) is 0 Å². The first-order valence-electron chi connectivity index (χ1n) is 7.19. The van der Waals surface area contributed by atoms with Crippen molar-refractivity contribution in [2.75, 3.05) is 7.11 Å². The molecule has 1 saturated carbocycles. The van der Waals surface area contributed by atoms with Crippen LogP contribution in [0.4, 0.5) is 0 Å². The van der Waals surface area contributed by atoms with E-state index in [0.29, 0.717) is 11.5 Å². The summed E-state index contributed by atoms with van der Waals surface area (Å²) in [6.45, 7) is 5.85. The van der Waals surface area contributed by atoms with Crippen molar-refractivity contribution in [1.82, 2.24) is 4.72 Å². The second-order valence-corrected chi connectivity index (χ2v) is 8.43. The van der Waals surface area contributed by atoms with E-state index in [1.54, 1.807) is 6.07 Å². The van der Waals surface area contributed by atoms with E-state index >= 15 is 0 Å². The molecule has 4 nitrogen and oxygen atoms in total. The molecule has 1 aliphatic rings. The highest BCUT2D eigenvalue weighted by atomic mass is 32.2. The van der Waals surface area contributed by atoms with Crippen molar-refractivity contribution in [3.8, 4) is 0 Å². The molecule has 0 amide bonds. The largest absolute Gasteiger partial charge is 0.598 e. The molecule has 1 N–H and O–H groups in total. The van der Waals surface area contributed by atoms with Crippen molar-refractivity contribution in [2.45, 2.75) is 44.4 Å². The minimum Gasteiger partial charge on any atom is -0.598 e. The van der Waals surface area contributed by atoms with E-state index in [0.717, 1.165) is 18.4 Å². The highest BCUT2D eigenvalue weighted by Crippen LogP contribution is 2.42. The van der Waals surface area contributed by atoms with Crippen LogP contribution in [0.5, 0.6) is 0 Å². The van der Waals surface area contributed by atoms with Gasteiger partial charge in [0.05, 0.1) is 18.7 Å². The first-order valence-corrected chi connectivity index (χ1v) is 8.34. The summed E-state index contributed by atoms with van der Waals surface area (Å²) in [6.07, 6.45) is 2.25. The van der Waals surface area contributed by atoms with Gasteiger partial charge in [-0.05, 0) is 57.2 Å². The molecule has 0 saturated heterocycles. The van der Waals surface area contributed by atoms with Crippen LogP contribution in [-0.2, 0) is 16.1 Å². The molecule has 116 valence electrons. The summed E-state index contributed by atoms with van der Waals surface area (Å²) in [5.74, 6) is 0.146. The van der Waals surface area contributed by atoms with Crippen LogP contribution in [0.15, 0.2) is 24.3 Å². The number of hydrogen-bond acceptors (Lipinski definition) is 4. The van der Waals surface area contributed by atoms with E-state index in [9.17, 15) is 9.35 Å². The number of ether oxygens (including phenoxy) is 1. The smallest absolute Gasteiger partial charge is 0.337 e. The summed E-state index contributed by atoms with van der Waals surface area (Å²) in [4.78, 5) is 11.7. The van der Waals surface area contributed by atoms with Gasteiger partial charge in [-0.25, -0.2) is 4.79 Å². The molecule has 1 unspecified atom stereocenters. The number of benzene rings is 1. The molecular weight excluding hydrogens is 286 g/mol. The van der Waals surface area contributed by atoms with Gasteiger partial charge < -0.3 is 9.29 Å². The van der Waals surface area contributed by atoms with Crippen LogP contribution < -0.4 is 4.72 Å². The summed E-state index contributed by atoms with van der Waals surface area (Å²) in [6, 6.07) is 7.41. The van der Waals surface area contributed by atoms with Crippen LogP contribution in [0.25, 0.3) is 0 Å². The van der Waals surface area contributed by atoms with Crippen molar-refractivity contribution in [1.29, 1.82) is 0 Å². The van der Waals surface area contributed by atoms with Gasteiger partial charge in [0.1, 0.15) is 4.75 Å². The van der Waals surface area contributed by atoms with Crippen LogP contribution in [-0.4, -0.2) is 22.4 Å². The van der Waals surface area contributed by atoms with Crippen molar-refractivity contribution < 1.29 is 14.1 Å². The molecular formula is C16H23NO3S. The quantitative estimate of drug-likeness (QED) is 0.671. The molecule has 2 rings (SSSR count). The van der Waals surface area contributed by atoms with Gasteiger partial charge in [0.2, 0.25) is 0 Å². The fraction of sp³-hybridized carbons (Fsp3) is 0.562. The molecule has 0 radical (unpaired) electrons. The average molecular weight is 309 g/mol. The third kappa shape index (κ3) is 4.22. The number of carbonyl (C=O) groups is 1. The van der Waals surface area contributed by atoms with Crippen molar-refractivity contribution in [3.63, 3.8) is 0 Å². The third-order valence-corrected chi connectivity index (χ3v) is 5.13. The summed E-state index contributed by atoms with van der Waals surface area (Å²) < 4.78 is 20.1. The number of nitrogens with one attached hydrogen (secondary N) is 1. The number of esters is 1. The molecule has 1 aliphatic carbocycles. The molecule has 21 heavy (non-hydrogen) atoms. The predicted molar refractivity (Wildman–Crippen MR) is 84.3 cm³/mol. The molecule has 2 atom stereocenters. The van der Waals surface area contributed by atoms with E-state index in [2.05, 4.69) is 4.72 Å². The summed E-state index contributed by atoms with van der Waals surface area (Å²) in [5.41, 5.74) is 1.53. The predicted octanol–water partition coefficient (Wildman–Crippen LogP) is 2.98. The number of hydrogen-bond donors (Lipinski definition) is 1. The fourth-order valence-corrected chi connectivity index (χ4v) is 3.05. The SMILES string of the molecule is COC(=O)c1cccc([C@@H](N[S+]([O-])C(C)(C)C)C2CC2)c1. The van der Waals surface area contributed by atoms with Crippen molar-refractivity contribution >= 4 is 17.3 Å². The topological polar surface area (TPSA) is 61.4 Å². The minimum atomic E-state index is -1.13. The number of rotatable bonds is 5. The maximum absolute atomic E-state index is 12.4. The Kier molecular flexibility index (Phi) is 4.96. The van der Waals surface area contributed by atoms with Crippen LogP contribution in [0.1, 0.15) is 55.6 Å². The standard InChI is InChI=1S/C16H23NO3S/c1-16(2,3)21(19)17-14(11-8-9-11)12-6-5-7-13(10-12)15(18)20-4/h5-7,10-11,14,17H,8-9H2,1-4H3/t14-,21?/m0/s1. The molecule has 1 aromatic rings. The van der Waals surface area contributed by atoms with E-state index in [1.807, 2.05) is 39.0 Å². The summed E-state index contributed by atoms with van der Waals surface area (Å²) in [5, 5.41) is 0. The zero-order valence-corrected chi connectivity index (χ0v) is 13.8. The Hall–Kier alpha value is -1.04. The molecule has 0 aromatic heterocycles. The Morgan fingerprint density at radius 1 is 1.43 bits per heavy atom. The maximum Gasteiger partial charge on any atom is 0.337 e. The molecule has 1 aromatic carbocycles. The van der Waals surface area contributed by atoms with Crippen LogP contribution in [0.3, 0.4) is 0 Å². The van der Waals surface area contributed by atoms with E-state index in [-0.39, 0.29) is 16.8 Å². The lowest BCUT2D eigenvalue weighted by atomic mass is 10.0. The highest BCUT2D eigenvalue weighted by molar-refractivity contribution is 7.90. The zero-order valence-electron chi connectivity index (χ0n) is 13.0. The molecule has 1 fully saturated rings. The minimum absolute atomic E-state index is 0.0228. The monoisotopic (exact) mass is 309 g/mol. The van der Waals surface area contributed by atoms with Crippen LogP contribution in [0.2, 0.25) is 0 Å². The molecule has 0 heterocycles. The Labute approximate surface area is 129 Å². The lowest BCUT2D eigenvalue weighted by Gasteiger charge is -2.28. The Bertz CT molecular complexity index is 508. The Morgan fingerprint density at radius 3 is 2.62 bits per heavy atom. The van der Waals surface area contributed by atoms with Gasteiger partial charge in [-0.1, -0.05) is 12.1 Å². The lowest BCUT2D eigenvalue weighted by molar-refractivity contribution is 0.0600. The Morgan fingerprint density at radius 2 is 2.10 bits per heavy atom. The fourth-order valence-electron chi connectivity index (χ4n) is 2.14. The molecule has 0 spiro atoms. The van der Waals surface area contributed by atoms with Gasteiger partial charge in [-0.15, -0.1) is 4.72 Å². The molecule has 0 bridgehead atoms. The average Bonchev–Trinajstić information content (AvgIpc) is 3.27. The summed E-state index contributed by atoms with van der Waals surface area (Å²) >= 11 is -1.13. The number of methoxy groups -OCH3 is 1. The van der Waals surface area contributed by atoms with Gasteiger partial charge in [-0.3, -0.25) is 0 Å². The number of carbonyl (C=O) groups excluding carboxylic acids is 1. The second kappa shape index (κ2) is 6.38. The third-order valence-electron chi connectivity index (χ3n) is 3.55. The van der Waals surface area contributed by atoms with Gasteiger partial charge in [-0.2, -0.15) is 0 Å². The van der Waals surface area contributed by atoms with Gasteiger partial charge in [0, 0.05) is 11.4 Å². The molecule has 5 heteroatoms. The van der Waals surface area contributed by atoms with Crippen molar-refractivity contribution in [2.24, 2.45) is 5.92 Å². The normalized spacial score (nSPS) is 18.1. The second-order valence-electron chi connectivity index (χ2n) is 6.43. The zero-order chi connectivity index (χ0) is 15.6. The first-order chi connectivity index (χ1) is 9.82.